The monoisotopic (exact) mass is 206 g/mol. The van der Waals surface area contributed by atoms with E-state index in [1.807, 2.05) is 0 Å². The molecule has 0 radical (unpaired) electrons. The lowest BCUT2D eigenvalue weighted by Crippen LogP contribution is -2.38. The summed E-state index contributed by atoms with van der Waals surface area (Å²) in [6.45, 7) is 1.65. The van der Waals surface area contributed by atoms with Crippen LogP contribution in [0.2, 0.25) is 0 Å². The van der Waals surface area contributed by atoms with Gasteiger partial charge in [0.05, 0.1) is 6.20 Å². The molecule has 1 aromatic heterocycles. The van der Waals surface area contributed by atoms with Crippen molar-refractivity contribution in [3.63, 3.8) is 0 Å². The number of amides is 1. The molecule has 1 aromatic rings. The van der Waals surface area contributed by atoms with Crippen LogP contribution in [0, 0.1) is 5.92 Å². The summed E-state index contributed by atoms with van der Waals surface area (Å²) in [6.07, 6.45) is 6.69. The van der Waals surface area contributed by atoms with E-state index >= 15 is 0 Å². The molecule has 2 N–H and O–H groups in total. The summed E-state index contributed by atoms with van der Waals surface area (Å²) in [7, 11) is 0. The average molecular weight is 206 g/mol. The van der Waals surface area contributed by atoms with Gasteiger partial charge in [-0.2, -0.15) is 0 Å². The highest BCUT2D eigenvalue weighted by Crippen LogP contribution is 2.20. The normalized spacial score (nSPS) is 17.7. The van der Waals surface area contributed by atoms with Gasteiger partial charge in [0.1, 0.15) is 5.82 Å². The van der Waals surface area contributed by atoms with Crippen LogP contribution < -0.4 is 10.6 Å². The second-order valence-corrected chi connectivity index (χ2v) is 3.73. The van der Waals surface area contributed by atoms with Crippen molar-refractivity contribution in [2.45, 2.75) is 12.8 Å². The van der Waals surface area contributed by atoms with Crippen LogP contribution in [0.15, 0.2) is 18.6 Å². The molecule has 1 aliphatic rings. The van der Waals surface area contributed by atoms with Crippen molar-refractivity contribution in [1.29, 1.82) is 0 Å². The summed E-state index contributed by atoms with van der Waals surface area (Å²) < 4.78 is 0. The zero-order valence-corrected chi connectivity index (χ0v) is 8.47. The maximum absolute atomic E-state index is 11.0. The maximum Gasteiger partial charge on any atom is 0.220 e. The fourth-order valence-corrected chi connectivity index (χ4v) is 1.85. The van der Waals surface area contributed by atoms with Crippen LogP contribution in [0.3, 0.4) is 0 Å². The van der Waals surface area contributed by atoms with Crippen molar-refractivity contribution in [3.8, 4) is 0 Å². The number of nitrogens with two attached hydrogens (primary N) is 1. The van der Waals surface area contributed by atoms with E-state index < -0.39 is 0 Å². The first-order valence-corrected chi connectivity index (χ1v) is 5.07. The van der Waals surface area contributed by atoms with Crippen LogP contribution in [0.25, 0.3) is 0 Å². The standard InChI is InChI=1S/C10H14N4O/c11-10(15)8-1-5-14(6-2-8)9-7-12-3-4-13-9/h3-4,7-8H,1-2,5-6H2,(H2,11,15). The van der Waals surface area contributed by atoms with Gasteiger partial charge in [-0.15, -0.1) is 0 Å². The first-order chi connectivity index (χ1) is 7.27. The second-order valence-electron chi connectivity index (χ2n) is 3.73. The number of carbonyl (C=O) groups excluding carboxylic acids is 1. The molecular weight excluding hydrogens is 192 g/mol. The molecule has 1 aliphatic heterocycles. The molecular formula is C10H14N4O. The first-order valence-electron chi connectivity index (χ1n) is 5.07. The van der Waals surface area contributed by atoms with E-state index in [1.165, 1.54) is 0 Å². The van der Waals surface area contributed by atoms with Gasteiger partial charge in [-0.05, 0) is 12.8 Å². The fraction of sp³-hybridized carbons (Fsp3) is 0.500. The Kier molecular flexibility index (Phi) is 2.80. The average Bonchev–Trinajstić information content (AvgIpc) is 2.30. The third-order valence-corrected chi connectivity index (χ3v) is 2.77. The Hall–Kier alpha value is -1.65. The molecule has 1 amide bonds. The molecule has 2 heterocycles. The Bertz CT molecular complexity index is 333. The van der Waals surface area contributed by atoms with E-state index in [2.05, 4.69) is 14.9 Å². The lowest BCUT2D eigenvalue weighted by molar-refractivity contribution is -0.122. The van der Waals surface area contributed by atoms with E-state index in [0.717, 1.165) is 31.7 Å². The van der Waals surface area contributed by atoms with Gasteiger partial charge in [0, 0.05) is 31.4 Å². The lowest BCUT2D eigenvalue weighted by Gasteiger charge is -2.30. The molecule has 0 atom stereocenters. The predicted molar refractivity (Wildman–Crippen MR) is 56.2 cm³/mol. The first kappa shape index (κ1) is 9.89. The minimum Gasteiger partial charge on any atom is -0.369 e. The summed E-state index contributed by atoms with van der Waals surface area (Å²) in [5.74, 6) is 0.715. The quantitative estimate of drug-likeness (QED) is 0.749. The zero-order chi connectivity index (χ0) is 10.7. The number of rotatable bonds is 2. The van der Waals surface area contributed by atoms with E-state index in [4.69, 9.17) is 5.73 Å². The topological polar surface area (TPSA) is 72.1 Å². The van der Waals surface area contributed by atoms with Gasteiger partial charge in [-0.3, -0.25) is 9.78 Å². The predicted octanol–water partition coefficient (Wildman–Crippen LogP) is 0.178. The van der Waals surface area contributed by atoms with Gasteiger partial charge in [0.2, 0.25) is 5.91 Å². The van der Waals surface area contributed by atoms with E-state index in [1.54, 1.807) is 18.6 Å². The smallest absolute Gasteiger partial charge is 0.220 e. The SMILES string of the molecule is NC(=O)C1CCN(c2cnccn2)CC1. The molecule has 80 valence electrons. The van der Waals surface area contributed by atoms with E-state index in [0.29, 0.717) is 0 Å². The molecule has 1 fully saturated rings. The van der Waals surface area contributed by atoms with E-state index in [-0.39, 0.29) is 11.8 Å². The summed E-state index contributed by atoms with van der Waals surface area (Å²) >= 11 is 0. The van der Waals surface area contributed by atoms with Crippen molar-refractivity contribution in [3.05, 3.63) is 18.6 Å². The van der Waals surface area contributed by atoms with Gasteiger partial charge in [-0.1, -0.05) is 0 Å². The molecule has 0 bridgehead atoms. The van der Waals surface area contributed by atoms with Gasteiger partial charge >= 0.3 is 0 Å². The molecule has 0 aromatic carbocycles. The minimum absolute atomic E-state index is 0.0259. The number of carbonyl (C=O) groups is 1. The summed E-state index contributed by atoms with van der Waals surface area (Å²) in [5.41, 5.74) is 5.27. The van der Waals surface area contributed by atoms with E-state index in [9.17, 15) is 4.79 Å². The van der Waals surface area contributed by atoms with Gasteiger partial charge in [0.25, 0.3) is 0 Å². The number of aromatic nitrogens is 2. The molecule has 5 nitrogen and oxygen atoms in total. The van der Waals surface area contributed by atoms with Crippen LogP contribution in [-0.4, -0.2) is 29.0 Å². The molecule has 15 heavy (non-hydrogen) atoms. The number of hydrogen-bond donors (Lipinski definition) is 1. The highest BCUT2D eigenvalue weighted by atomic mass is 16.1. The Labute approximate surface area is 88.3 Å². The summed E-state index contributed by atoms with van der Waals surface area (Å²) in [5, 5.41) is 0. The Balaban J connectivity index is 1.97. The summed E-state index contributed by atoms with van der Waals surface area (Å²) in [6, 6.07) is 0. The highest BCUT2D eigenvalue weighted by molar-refractivity contribution is 5.76. The summed E-state index contributed by atoms with van der Waals surface area (Å²) in [4.78, 5) is 21.3. The number of nitrogens with zero attached hydrogens (tertiary/aromatic N) is 3. The molecule has 1 saturated heterocycles. The molecule has 0 spiro atoms. The Morgan fingerprint density at radius 1 is 1.40 bits per heavy atom. The zero-order valence-electron chi connectivity index (χ0n) is 8.47. The van der Waals surface area contributed by atoms with Crippen molar-refractivity contribution in [2.75, 3.05) is 18.0 Å². The molecule has 2 rings (SSSR count). The van der Waals surface area contributed by atoms with Crippen LogP contribution >= 0.6 is 0 Å². The molecule has 0 aliphatic carbocycles. The number of primary amides is 1. The van der Waals surface area contributed by atoms with Crippen LogP contribution in [0.5, 0.6) is 0 Å². The molecule has 5 heteroatoms. The van der Waals surface area contributed by atoms with Crippen molar-refractivity contribution < 1.29 is 4.79 Å². The lowest BCUT2D eigenvalue weighted by atomic mass is 9.96. The molecule has 0 unspecified atom stereocenters. The third-order valence-electron chi connectivity index (χ3n) is 2.77. The highest BCUT2D eigenvalue weighted by Gasteiger charge is 2.23. The van der Waals surface area contributed by atoms with Gasteiger partial charge in [0.15, 0.2) is 0 Å². The Morgan fingerprint density at radius 3 is 2.67 bits per heavy atom. The Morgan fingerprint density at radius 2 is 2.13 bits per heavy atom. The van der Waals surface area contributed by atoms with Crippen molar-refractivity contribution in [2.24, 2.45) is 11.7 Å². The van der Waals surface area contributed by atoms with Crippen molar-refractivity contribution in [1.82, 2.24) is 9.97 Å². The van der Waals surface area contributed by atoms with Gasteiger partial charge in [-0.25, -0.2) is 4.98 Å². The second kappa shape index (κ2) is 4.25. The molecule has 0 saturated carbocycles. The fourth-order valence-electron chi connectivity index (χ4n) is 1.85. The minimum atomic E-state index is -0.186. The number of piperidine rings is 1. The number of hydrogen-bond acceptors (Lipinski definition) is 4. The number of anilines is 1. The van der Waals surface area contributed by atoms with Crippen LogP contribution in [-0.2, 0) is 4.79 Å². The maximum atomic E-state index is 11.0. The van der Waals surface area contributed by atoms with Crippen LogP contribution in [0.4, 0.5) is 5.82 Å². The van der Waals surface area contributed by atoms with Crippen LogP contribution in [0.1, 0.15) is 12.8 Å². The largest absolute Gasteiger partial charge is 0.369 e. The third kappa shape index (κ3) is 2.23. The van der Waals surface area contributed by atoms with Crippen molar-refractivity contribution >= 4 is 11.7 Å². The van der Waals surface area contributed by atoms with Gasteiger partial charge < -0.3 is 10.6 Å².